The van der Waals surface area contributed by atoms with E-state index in [4.69, 9.17) is 0 Å². The molecule has 0 atom stereocenters. The summed E-state index contributed by atoms with van der Waals surface area (Å²) >= 11 is 0. The maximum Gasteiger partial charge on any atom is 0.108 e. The molecule has 146 valence electrons. The molecular weight excluding hydrogens is 355 g/mol. The molecule has 0 unspecified atom stereocenters. The number of benzene rings is 3. The van der Waals surface area contributed by atoms with Gasteiger partial charge in [0.05, 0.1) is 0 Å². The minimum atomic E-state index is -1.11. The molecule has 0 aliphatic rings. The lowest BCUT2D eigenvalue weighted by atomic mass is 10.1. The van der Waals surface area contributed by atoms with Gasteiger partial charge in [0.25, 0.3) is 0 Å². The molecule has 0 fully saturated rings. The summed E-state index contributed by atoms with van der Waals surface area (Å²) in [6, 6.07) is 14.2. The molecule has 0 amide bonds. The lowest BCUT2D eigenvalue weighted by Crippen LogP contribution is -2.30. The summed E-state index contributed by atoms with van der Waals surface area (Å²) in [4.78, 5) is 0. The van der Waals surface area contributed by atoms with Gasteiger partial charge in [-0.25, -0.2) is 0 Å². The third-order valence-electron chi connectivity index (χ3n) is 5.78. The maximum atomic E-state index is 2.37. The van der Waals surface area contributed by atoms with Gasteiger partial charge in [0.1, 0.15) is 23.8 Å². The van der Waals surface area contributed by atoms with Gasteiger partial charge in [-0.3, -0.25) is 0 Å². The zero-order chi connectivity index (χ0) is 20.7. The zero-order valence-corrected chi connectivity index (χ0v) is 20.0. The van der Waals surface area contributed by atoms with E-state index >= 15 is 0 Å². The first kappa shape index (κ1) is 20.8. The molecule has 1 heteroatoms. The van der Waals surface area contributed by atoms with Crippen molar-refractivity contribution in [2.45, 2.75) is 62.3 Å². The van der Waals surface area contributed by atoms with Crippen LogP contribution in [0, 0.1) is 62.3 Å². The largest absolute Gasteiger partial charge is 0.108 e. The Morgan fingerprint density at radius 2 is 0.536 bits per heavy atom. The highest BCUT2D eigenvalue weighted by molar-refractivity contribution is 7.80. The van der Waals surface area contributed by atoms with Crippen LogP contribution in [0.3, 0.4) is 0 Å². The fourth-order valence-corrected chi connectivity index (χ4v) is 8.65. The van der Waals surface area contributed by atoms with Gasteiger partial charge >= 0.3 is 0 Å². The molecule has 0 aromatic heterocycles. The average molecular weight is 390 g/mol. The molecule has 0 bridgehead atoms. The van der Waals surface area contributed by atoms with Crippen molar-refractivity contribution in [3.05, 3.63) is 86.5 Å². The van der Waals surface area contributed by atoms with E-state index in [2.05, 4.69) is 98.7 Å². The molecule has 0 N–H and O–H groups in total. The van der Waals surface area contributed by atoms with Crippen LogP contribution in [0.15, 0.2) is 36.4 Å². The predicted octanol–water partition coefficient (Wildman–Crippen LogP) is 5.95. The fourth-order valence-electron chi connectivity index (χ4n) is 5.10. The minimum absolute atomic E-state index is 1.11. The molecule has 0 radical (unpaired) electrons. The van der Waals surface area contributed by atoms with Crippen molar-refractivity contribution in [1.82, 2.24) is 0 Å². The quantitative estimate of drug-likeness (QED) is 0.485. The first-order chi connectivity index (χ1) is 13.1. The fraction of sp³-hybridized carbons (Fsp3) is 0.333. The predicted molar refractivity (Wildman–Crippen MR) is 129 cm³/mol. The van der Waals surface area contributed by atoms with E-state index in [-0.39, 0.29) is 0 Å². The number of hydrogen-bond donors (Lipinski definition) is 0. The van der Waals surface area contributed by atoms with Crippen LogP contribution < -0.4 is 15.9 Å². The summed E-state index contributed by atoms with van der Waals surface area (Å²) in [6.07, 6.45) is 0. The first-order valence-corrected chi connectivity index (χ1v) is 11.7. The monoisotopic (exact) mass is 389 g/mol. The van der Waals surface area contributed by atoms with Crippen LogP contribution in [0.5, 0.6) is 0 Å². The second-order valence-electron chi connectivity index (χ2n) is 8.70. The molecule has 0 spiro atoms. The molecule has 28 heavy (non-hydrogen) atoms. The molecular formula is C27H34P+. The smallest absolute Gasteiger partial charge is 0.0524 e. The van der Waals surface area contributed by atoms with E-state index in [1.807, 2.05) is 0 Å². The SMILES string of the molecule is Cc1cc(C)c([PH+](c2c(C)cc(C)cc2C)c2c(C)cc(C)cc2C)c(C)c1. The Morgan fingerprint density at radius 1 is 0.357 bits per heavy atom. The number of rotatable bonds is 3. The van der Waals surface area contributed by atoms with Crippen molar-refractivity contribution in [3.8, 4) is 0 Å². The molecule has 0 saturated heterocycles. The standard InChI is InChI=1S/C27H33P/c1-16-10-19(4)25(20(5)11-16)28(26-21(6)12-17(2)13-22(26)7)27-23(8)14-18(3)15-24(27)9/h10-15H,1-9H3/p+1. The first-order valence-electron chi connectivity index (χ1n) is 10.2. The average Bonchev–Trinajstić information content (AvgIpc) is 2.51. The van der Waals surface area contributed by atoms with Crippen molar-refractivity contribution in [1.29, 1.82) is 0 Å². The van der Waals surface area contributed by atoms with Crippen LogP contribution in [-0.2, 0) is 0 Å². The summed E-state index contributed by atoms with van der Waals surface area (Å²) < 4.78 is 0. The van der Waals surface area contributed by atoms with Crippen LogP contribution in [0.25, 0.3) is 0 Å². The van der Waals surface area contributed by atoms with Crippen LogP contribution in [-0.4, -0.2) is 0 Å². The van der Waals surface area contributed by atoms with Gasteiger partial charge in [-0.05, 0) is 95.7 Å². The number of hydrogen-bond acceptors (Lipinski definition) is 0. The van der Waals surface area contributed by atoms with Gasteiger partial charge in [0.2, 0.25) is 0 Å². The Kier molecular flexibility index (Phi) is 5.83. The third kappa shape index (κ3) is 3.81. The van der Waals surface area contributed by atoms with E-state index in [1.54, 1.807) is 15.9 Å². The summed E-state index contributed by atoms with van der Waals surface area (Å²) in [5.74, 6) is 0. The van der Waals surface area contributed by atoms with Crippen molar-refractivity contribution in [3.63, 3.8) is 0 Å². The van der Waals surface area contributed by atoms with Crippen LogP contribution in [0.4, 0.5) is 0 Å². The molecule has 0 aliphatic carbocycles. The van der Waals surface area contributed by atoms with Gasteiger partial charge in [0, 0.05) is 0 Å². The second kappa shape index (κ2) is 7.84. The normalized spacial score (nSPS) is 11.4. The Balaban J connectivity index is 2.45. The highest BCUT2D eigenvalue weighted by Gasteiger charge is 2.34. The Morgan fingerprint density at radius 3 is 0.714 bits per heavy atom. The van der Waals surface area contributed by atoms with Crippen LogP contribution in [0.2, 0.25) is 0 Å². The third-order valence-corrected chi connectivity index (χ3v) is 9.65. The van der Waals surface area contributed by atoms with Gasteiger partial charge in [-0.2, -0.15) is 0 Å². The Hall–Kier alpha value is -1.91. The summed E-state index contributed by atoms with van der Waals surface area (Å²) in [5.41, 5.74) is 12.7. The molecule has 0 saturated carbocycles. The van der Waals surface area contributed by atoms with Crippen molar-refractivity contribution in [2.75, 3.05) is 0 Å². The van der Waals surface area contributed by atoms with Gasteiger partial charge in [-0.1, -0.05) is 53.1 Å². The number of aryl methyl sites for hydroxylation is 9. The summed E-state index contributed by atoms with van der Waals surface area (Å²) in [6.45, 7) is 20.4. The molecule has 3 aromatic rings. The molecule has 0 aliphatic heterocycles. The van der Waals surface area contributed by atoms with Crippen LogP contribution in [0.1, 0.15) is 50.1 Å². The van der Waals surface area contributed by atoms with Gasteiger partial charge < -0.3 is 0 Å². The highest BCUT2D eigenvalue weighted by Crippen LogP contribution is 2.40. The Bertz CT molecular complexity index is 850. The molecule has 0 heterocycles. The lowest BCUT2D eigenvalue weighted by Gasteiger charge is -2.22. The maximum absolute atomic E-state index is 2.37. The zero-order valence-electron chi connectivity index (χ0n) is 19.0. The Labute approximate surface area is 172 Å². The van der Waals surface area contributed by atoms with Crippen molar-refractivity contribution < 1.29 is 0 Å². The van der Waals surface area contributed by atoms with E-state index in [0.717, 1.165) is 0 Å². The van der Waals surface area contributed by atoms with Gasteiger partial charge in [0.15, 0.2) is 0 Å². The second-order valence-corrected chi connectivity index (χ2v) is 10.9. The molecule has 3 aromatic carbocycles. The van der Waals surface area contributed by atoms with Gasteiger partial charge in [-0.15, -0.1) is 0 Å². The summed E-state index contributed by atoms with van der Waals surface area (Å²) in [5, 5.41) is 4.71. The van der Waals surface area contributed by atoms with Crippen molar-refractivity contribution >= 4 is 23.8 Å². The molecule has 3 rings (SSSR count). The lowest BCUT2D eigenvalue weighted by molar-refractivity contribution is 1.34. The summed E-state index contributed by atoms with van der Waals surface area (Å²) in [7, 11) is -1.11. The van der Waals surface area contributed by atoms with Crippen molar-refractivity contribution in [2.24, 2.45) is 0 Å². The van der Waals surface area contributed by atoms with Crippen LogP contribution >= 0.6 is 7.92 Å². The van der Waals surface area contributed by atoms with E-state index in [1.165, 1.54) is 50.1 Å². The molecule has 0 nitrogen and oxygen atoms in total. The van der Waals surface area contributed by atoms with E-state index in [9.17, 15) is 0 Å². The topological polar surface area (TPSA) is 0 Å². The minimum Gasteiger partial charge on any atom is -0.0524 e. The van der Waals surface area contributed by atoms with E-state index < -0.39 is 7.92 Å². The van der Waals surface area contributed by atoms with E-state index in [0.29, 0.717) is 0 Å². The highest BCUT2D eigenvalue weighted by atomic mass is 31.1.